The summed E-state index contributed by atoms with van der Waals surface area (Å²) < 4.78 is 5.06. The van der Waals surface area contributed by atoms with Crippen LogP contribution in [0.2, 0.25) is 0 Å². The quantitative estimate of drug-likeness (QED) is 0.464. The number of amides is 1. The molecule has 1 unspecified atom stereocenters. The number of ether oxygens (including phenoxy) is 1. The van der Waals surface area contributed by atoms with Crippen LogP contribution in [0.15, 0.2) is 24.3 Å². The SMILES string of the molecule is COc1cccc(C(C)C(=[N+]=[N-])C(N)=O)c1. The standard InChI is InChI=1S/C11H13N3O2/c1-7(10(14-13)11(12)15)8-4-3-5-9(6-8)16-2/h3-7H,1-2H3,(H2,12,15). The predicted octanol–water partition coefficient (Wildman–Crippen LogP) is 0.955. The van der Waals surface area contributed by atoms with E-state index in [4.69, 9.17) is 16.0 Å². The van der Waals surface area contributed by atoms with Gasteiger partial charge >= 0.3 is 11.6 Å². The monoisotopic (exact) mass is 219 g/mol. The minimum atomic E-state index is -0.738. The topological polar surface area (TPSA) is 88.7 Å². The molecule has 1 aromatic carbocycles. The second-order valence-corrected chi connectivity index (χ2v) is 3.35. The van der Waals surface area contributed by atoms with E-state index in [-0.39, 0.29) is 11.6 Å². The van der Waals surface area contributed by atoms with Gasteiger partial charge in [0.05, 0.1) is 13.0 Å². The van der Waals surface area contributed by atoms with Gasteiger partial charge in [0.15, 0.2) is 0 Å². The van der Waals surface area contributed by atoms with Crippen molar-refractivity contribution in [2.24, 2.45) is 5.73 Å². The molecule has 0 bridgehead atoms. The minimum Gasteiger partial charge on any atom is -0.497 e. The fraction of sp³-hybridized carbons (Fsp3) is 0.273. The number of nitrogens with two attached hydrogens (primary N) is 1. The van der Waals surface area contributed by atoms with E-state index in [1.54, 1.807) is 38.3 Å². The molecule has 84 valence electrons. The lowest BCUT2D eigenvalue weighted by atomic mass is 9.95. The van der Waals surface area contributed by atoms with Gasteiger partial charge in [-0.15, -0.1) is 0 Å². The van der Waals surface area contributed by atoms with Crippen LogP contribution in [-0.2, 0) is 4.79 Å². The van der Waals surface area contributed by atoms with E-state index in [1.165, 1.54) is 0 Å². The molecule has 0 spiro atoms. The van der Waals surface area contributed by atoms with Crippen LogP contribution in [0.3, 0.4) is 0 Å². The van der Waals surface area contributed by atoms with Crippen molar-refractivity contribution in [3.63, 3.8) is 0 Å². The molecule has 0 aromatic heterocycles. The normalized spacial score (nSPS) is 11.4. The number of carbonyl (C=O) groups excluding carboxylic acids is 1. The van der Waals surface area contributed by atoms with Gasteiger partial charge in [-0.3, -0.25) is 4.79 Å². The van der Waals surface area contributed by atoms with Crippen molar-refractivity contribution >= 4 is 11.6 Å². The summed E-state index contributed by atoms with van der Waals surface area (Å²) in [7, 11) is 1.55. The van der Waals surface area contributed by atoms with Gasteiger partial charge in [-0.1, -0.05) is 12.1 Å². The summed E-state index contributed by atoms with van der Waals surface area (Å²) in [6.07, 6.45) is 0. The summed E-state index contributed by atoms with van der Waals surface area (Å²) in [5.74, 6) is -0.443. The number of hydrogen-bond acceptors (Lipinski definition) is 2. The third kappa shape index (κ3) is 2.46. The highest BCUT2D eigenvalue weighted by atomic mass is 16.5. The van der Waals surface area contributed by atoms with Gasteiger partial charge in [-0.25, -0.2) is 0 Å². The zero-order chi connectivity index (χ0) is 12.1. The van der Waals surface area contributed by atoms with Crippen LogP contribution in [0.1, 0.15) is 18.4 Å². The second kappa shape index (κ2) is 5.09. The highest BCUT2D eigenvalue weighted by Gasteiger charge is 2.26. The molecule has 1 rings (SSSR count). The van der Waals surface area contributed by atoms with Gasteiger partial charge in [-0.05, 0) is 24.6 Å². The molecule has 16 heavy (non-hydrogen) atoms. The molecule has 0 saturated heterocycles. The average Bonchev–Trinajstić information content (AvgIpc) is 2.29. The molecule has 5 nitrogen and oxygen atoms in total. The molecule has 0 aliphatic carbocycles. The maximum Gasteiger partial charge on any atom is 0.362 e. The summed E-state index contributed by atoms with van der Waals surface area (Å²) in [5, 5.41) is 0. The lowest BCUT2D eigenvalue weighted by Crippen LogP contribution is -2.28. The number of methoxy groups -OCH3 is 1. The summed E-state index contributed by atoms with van der Waals surface area (Å²) in [5.41, 5.74) is 14.5. The van der Waals surface area contributed by atoms with Crippen molar-refractivity contribution in [1.29, 1.82) is 0 Å². The van der Waals surface area contributed by atoms with Gasteiger partial charge in [0.2, 0.25) is 0 Å². The highest BCUT2D eigenvalue weighted by Crippen LogP contribution is 2.21. The van der Waals surface area contributed by atoms with Gasteiger partial charge in [0, 0.05) is 0 Å². The van der Waals surface area contributed by atoms with E-state index < -0.39 is 5.91 Å². The predicted molar refractivity (Wildman–Crippen MR) is 59.2 cm³/mol. The molecule has 1 atom stereocenters. The average molecular weight is 219 g/mol. The van der Waals surface area contributed by atoms with Gasteiger partial charge in [-0.2, -0.15) is 4.79 Å². The zero-order valence-corrected chi connectivity index (χ0v) is 9.18. The van der Waals surface area contributed by atoms with Crippen LogP contribution in [-0.4, -0.2) is 23.5 Å². The van der Waals surface area contributed by atoms with Gasteiger partial charge < -0.3 is 16.0 Å². The lowest BCUT2D eigenvalue weighted by Gasteiger charge is -2.07. The summed E-state index contributed by atoms with van der Waals surface area (Å²) >= 11 is 0. The van der Waals surface area contributed by atoms with Crippen LogP contribution in [0.5, 0.6) is 5.75 Å². The van der Waals surface area contributed by atoms with Crippen LogP contribution in [0, 0.1) is 0 Å². The molecule has 0 radical (unpaired) electrons. The summed E-state index contributed by atoms with van der Waals surface area (Å²) in [4.78, 5) is 13.9. The summed E-state index contributed by atoms with van der Waals surface area (Å²) in [6.45, 7) is 1.73. The van der Waals surface area contributed by atoms with Crippen molar-refractivity contribution in [3.8, 4) is 5.75 Å². The fourth-order valence-electron chi connectivity index (χ4n) is 1.42. The van der Waals surface area contributed by atoms with Crippen LogP contribution >= 0.6 is 0 Å². The molecule has 0 heterocycles. The van der Waals surface area contributed by atoms with Crippen molar-refractivity contribution in [1.82, 2.24) is 0 Å². The molecule has 5 heteroatoms. The second-order valence-electron chi connectivity index (χ2n) is 3.35. The van der Waals surface area contributed by atoms with E-state index in [0.717, 1.165) is 5.56 Å². The number of benzene rings is 1. The number of carbonyl (C=O) groups is 1. The Morgan fingerprint density at radius 2 is 2.25 bits per heavy atom. The Morgan fingerprint density at radius 1 is 1.56 bits per heavy atom. The van der Waals surface area contributed by atoms with Gasteiger partial charge in [0.25, 0.3) is 0 Å². The number of rotatable bonds is 4. The van der Waals surface area contributed by atoms with E-state index in [9.17, 15) is 4.79 Å². The molecular weight excluding hydrogens is 206 g/mol. The first-order chi connectivity index (χ1) is 7.60. The lowest BCUT2D eigenvalue weighted by molar-refractivity contribution is -0.116. The molecule has 1 amide bonds. The number of primary amides is 1. The Bertz CT molecular complexity index is 450. The Morgan fingerprint density at radius 3 is 2.75 bits per heavy atom. The Balaban J connectivity index is 3.08. The third-order valence-electron chi connectivity index (χ3n) is 2.36. The first-order valence-corrected chi connectivity index (χ1v) is 4.75. The Labute approximate surface area is 93.5 Å². The first-order valence-electron chi connectivity index (χ1n) is 4.75. The molecule has 1 aromatic rings. The smallest absolute Gasteiger partial charge is 0.362 e. The van der Waals surface area contributed by atoms with E-state index in [0.29, 0.717) is 5.75 Å². The molecule has 0 aliphatic heterocycles. The molecule has 0 fully saturated rings. The summed E-state index contributed by atoms with van der Waals surface area (Å²) in [6, 6.07) is 7.15. The first kappa shape index (κ1) is 11.9. The van der Waals surface area contributed by atoms with Crippen molar-refractivity contribution in [2.75, 3.05) is 7.11 Å². The highest BCUT2D eigenvalue weighted by molar-refractivity contribution is 6.37. The fourth-order valence-corrected chi connectivity index (χ4v) is 1.42. The van der Waals surface area contributed by atoms with Crippen LogP contribution in [0.25, 0.3) is 5.53 Å². The molecule has 0 saturated carbocycles. The van der Waals surface area contributed by atoms with Crippen LogP contribution < -0.4 is 10.5 Å². The molecule has 0 aliphatic rings. The van der Waals surface area contributed by atoms with Crippen molar-refractivity contribution < 1.29 is 14.3 Å². The maximum atomic E-state index is 11.0. The Kier molecular flexibility index (Phi) is 3.80. The largest absolute Gasteiger partial charge is 0.497 e. The van der Waals surface area contributed by atoms with E-state index in [1.807, 2.05) is 0 Å². The van der Waals surface area contributed by atoms with Crippen molar-refractivity contribution in [3.05, 3.63) is 35.4 Å². The number of nitrogens with zero attached hydrogens (tertiary/aromatic N) is 2. The molecular formula is C11H13N3O2. The Hall–Kier alpha value is -2.13. The zero-order valence-electron chi connectivity index (χ0n) is 9.18. The van der Waals surface area contributed by atoms with E-state index >= 15 is 0 Å². The maximum absolute atomic E-state index is 11.0. The third-order valence-corrected chi connectivity index (χ3v) is 2.36. The van der Waals surface area contributed by atoms with Crippen molar-refractivity contribution in [2.45, 2.75) is 12.8 Å². The van der Waals surface area contributed by atoms with Crippen LogP contribution in [0.4, 0.5) is 0 Å². The minimum absolute atomic E-state index is 0.0757. The van der Waals surface area contributed by atoms with E-state index in [2.05, 4.69) is 4.79 Å². The number of hydrogen-bond donors (Lipinski definition) is 1. The molecule has 2 N–H and O–H groups in total. The van der Waals surface area contributed by atoms with Gasteiger partial charge in [0.1, 0.15) is 5.75 Å².